The van der Waals surface area contributed by atoms with Gasteiger partial charge in [-0.25, -0.2) is 0 Å². The smallest absolute Gasteiger partial charge is 0.271 e. The van der Waals surface area contributed by atoms with Gasteiger partial charge in [-0.15, -0.1) is 0 Å². The Labute approximate surface area is 246 Å². The van der Waals surface area contributed by atoms with Crippen LogP contribution >= 0.6 is 11.3 Å². The molecule has 0 spiro atoms. The van der Waals surface area contributed by atoms with Gasteiger partial charge in [-0.2, -0.15) is 4.57 Å². The van der Waals surface area contributed by atoms with Crippen molar-refractivity contribution in [3.8, 4) is 16.3 Å². The summed E-state index contributed by atoms with van der Waals surface area (Å²) in [5.74, 6) is 0.867. The normalized spacial score (nSPS) is 10.7. The number of aromatic nitrogens is 1. The van der Waals surface area contributed by atoms with E-state index in [1.807, 2.05) is 42.5 Å². The molecule has 3 aromatic rings. The highest BCUT2D eigenvalue weighted by Crippen LogP contribution is 2.28. The summed E-state index contributed by atoms with van der Waals surface area (Å²) in [5.41, 5.74) is 2.89. The molecule has 4 nitrogen and oxygen atoms in total. The number of carbonyl (C=O) groups is 1. The summed E-state index contributed by atoms with van der Waals surface area (Å²) >= 11 is 1.69. The van der Waals surface area contributed by atoms with E-state index in [1.54, 1.807) is 11.3 Å². The number of anilines is 1. The van der Waals surface area contributed by atoms with Gasteiger partial charge in [0.1, 0.15) is 12.3 Å². The fraction of sp³-hybridized carbons (Fsp3) is 0.515. The van der Waals surface area contributed by atoms with Crippen LogP contribution in [0.5, 0.6) is 5.75 Å². The molecule has 0 aliphatic heterocycles. The molecule has 1 N–H and O–H groups in total. The highest BCUT2D eigenvalue weighted by Gasteiger charge is 2.18. The first-order valence-electron chi connectivity index (χ1n) is 14.8. The quantitative estimate of drug-likeness (QED) is 0.142. The maximum absolute atomic E-state index is 12.8. The highest BCUT2D eigenvalue weighted by molar-refractivity contribution is 7.12. The SMILES string of the molecule is CCCCCCCCCCCCCCOc1ccc(CC(=O)Nc2ccccc2-c2scc[n+]2CC)cc1.[Cl-]. The number of aryl methyl sites for hydroxylation is 1. The lowest BCUT2D eigenvalue weighted by atomic mass is 10.1. The number of benzene rings is 2. The average Bonchev–Trinajstić information content (AvgIpc) is 3.41. The first kappa shape index (κ1) is 32.8. The predicted molar refractivity (Wildman–Crippen MR) is 161 cm³/mol. The molecule has 0 radical (unpaired) electrons. The molecule has 0 aliphatic rings. The maximum atomic E-state index is 12.8. The summed E-state index contributed by atoms with van der Waals surface area (Å²) in [6.07, 6.45) is 18.6. The third-order valence-corrected chi connectivity index (χ3v) is 7.94. The number of hydrogen-bond donors (Lipinski definition) is 1. The maximum Gasteiger partial charge on any atom is 0.271 e. The lowest BCUT2D eigenvalue weighted by molar-refractivity contribution is -0.678. The molecule has 39 heavy (non-hydrogen) atoms. The van der Waals surface area contributed by atoms with Crippen molar-refractivity contribution < 1.29 is 26.5 Å². The van der Waals surface area contributed by atoms with E-state index in [0.29, 0.717) is 6.42 Å². The summed E-state index contributed by atoms with van der Waals surface area (Å²) in [5, 5.41) is 6.35. The molecular weight excluding hydrogens is 524 g/mol. The van der Waals surface area contributed by atoms with E-state index in [-0.39, 0.29) is 18.3 Å². The zero-order valence-electron chi connectivity index (χ0n) is 23.9. The van der Waals surface area contributed by atoms with Crippen LogP contribution in [0.25, 0.3) is 10.6 Å². The van der Waals surface area contributed by atoms with Gasteiger partial charge in [-0.05, 0) is 43.2 Å². The topological polar surface area (TPSA) is 42.2 Å². The Kier molecular flexibility index (Phi) is 16.5. The van der Waals surface area contributed by atoms with Crippen molar-refractivity contribution >= 4 is 22.9 Å². The molecule has 0 saturated heterocycles. The number of unbranched alkanes of at least 4 members (excludes halogenated alkanes) is 11. The lowest BCUT2D eigenvalue weighted by Crippen LogP contribution is -3.00. The third-order valence-electron chi connectivity index (χ3n) is 7.01. The molecule has 6 heteroatoms. The van der Waals surface area contributed by atoms with Gasteiger partial charge in [0.2, 0.25) is 5.91 Å². The van der Waals surface area contributed by atoms with E-state index in [2.05, 4.69) is 41.4 Å². The molecule has 0 saturated carbocycles. The number of hydrogen-bond acceptors (Lipinski definition) is 3. The largest absolute Gasteiger partial charge is 1.00 e. The molecule has 0 unspecified atom stereocenters. The molecule has 0 aliphatic carbocycles. The number of amides is 1. The van der Waals surface area contributed by atoms with Gasteiger partial charge < -0.3 is 22.5 Å². The van der Waals surface area contributed by atoms with E-state index >= 15 is 0 Å². The molecule has 2 aromatic carbocycles. The number of para-hydroxylation sites is 1. The van der Waals surface area contributed by atoms with Crippen LogP contribution in [-0.4, -0.2) is 12.5 Å². The molecule has 1 heterocycles. The third kappa shape index (κ3) is 12.1. The van der Waals surface area contributed by atoms with E-state index in [9.17, 15) is 4.79 Å². The standard InChI is InChI=1S/C33H46N2O2S.ClH/c1-3-5-6-7-8-9-10-11-12-13-14-17-25-37-29-22-20-28(21-23-29)27-32(36)34-31-19-16-15-18-30(31)33-35(4-2)24-26-38-33;/h15-16,18-24,26H,3-14,17,25,27H2,1-2H3;1H. The van der Waals surface area contributed by atoms with Crippen molar-refractivity contribution in [1.29, 1.82) is 0 Å². The van der Waals surface area contributed by atoms with Gasteiger partial charge in [0.15, 0.2) is 6.20 Å². The first-order valence-corrected chi connectivity index (χ1v) is 15.7. The second kappa shape index (κ2) is 19.7. The van der Waals surface area contributed by atoms with Crippen LogP contribution in [0.2, 0.25) is 0 Å². The number of thiazole rings is 1. The zero-order chi connectivity index (χ0) is 26.8. The summed E-state index contributed by atoms with van der Waals surface area (Å²) in [6.45, 7) is 6.06. The van der Waals surface area contributed by atoms with E-state index in [4.69, 9.17) is 4.74 Å². The Morgan fingerprint density at radius 3 is 2.08 bits per heavy atom. The summed E-state index contributed by atoms with van der Waals surface area (Å²) in [7, 11) is 0. The Morgan fingerprint density at radius 1 is 0.821 bits per heavy atom. The molecule has 1 aromatic heterocycles. The second-order valence-corrected chi connectivity index (χ2v) is 11.0. The molecular formula is C33H47ClN2O2S. The van der Waals surface area contributed by atoms with Crippen molar-refractivity contribution in [2.75, 3.05) is 11.9 Å². The van der Waals surface area contributed by atoms with Gasteiger partial charge in [0.05, 0.1) is 29.7 Å². The van der Waals surface area contributed by atoms with Crippen molar-refractivity contribution in [1.82, 2.24) is 0 Å². The Balaban J connectivity index is 0.00000533. The Bertz CT molecular complexity index is 1070. The van der Waals surface area contributed by atoms with Crippen LogP contribution in [0.4, 0.5) is 5.69 Å². The minimum absolute atomic E-state index is 0. The van der Waals surface area contributed by atoms with Crippen molar-refractivity contribution in [3.05, 3.63) is 65.7 Å². The number of carbonyl (C=O) groups excluding carboxylic acids is 1. The summed E-state index contributed by atoms with van der Waals surface area (Å²) < 4.78 is 8.13. The molecule has 0 fully saturated rings. The number of rotatable bonds is 19. The summed E-state index contributed by atoms with van der Waals surface area (Å²) in [6, 6.07) is 16.0. The van der Waals surface area contributed by atoms with Crippen LogP contribution in [0.3, 0.4) is 0 Å². The minimum Gasteiger partial charge on any atom is -1.00 e. The summed E-state index contributed by atoms with van der Waals surface area (Å²) in [4.78, 5) is 12.8. The number of nitrogens with zero attached hydrogens (tertiary/aromatic N) is 1. The lowest BCUT2D eigenvalue weighted by Gasteiger charge is -2.10. The minimum atomic E-state index is -0.0118. The van der Waals surface area contributed by atoms with Gasteiger partial charge in [0.25, 0.3) is 5.01 Å². The van der Waals surface area contributed by atoms with Crippen molar-refractivity contribution in [2.24, 2.45) is 0 Å². The average molecular weight is 571 g/mol. The zero-order valence-corrected chi connectivity index (χ0v) is 25.5. The number of halogens is 1. The predicted octanol–water partition coefficient (Wildman–Crippen LogP) is 5.99. The van der Waals surface area contributed by atoms with Crippen molar-refractivity contribution in [3.63, 3.8) is 0 Å². The van der Waals surface area contributed by atoms with Gasteiger partial charge in [-0.3, -0.25) is 4.79 Å². The van der Waals surface area contributed by atoms with Crippen LogP contribution in [-0.2, 0) is 17.8 Å². The fourth-order valence-corrected chi connectivity index (χ4v) is 5.73. The molecule has 0 atom stereocenters. The van der Waals surface area contributed by atoms with E-state index in [1.165, 1.54) is 70.6 Å². The molecule has 1 amide bonds. The molecule has 0 bridgehead atoms. The van der Waals surface area contributed by atoms with E-state index < -0.39 is 0 Å². The first-order chi connectivity index (χ1) is 18.7. The van der Waals surface area contributed by atoms with Crippen LogP contribution in [0.1, 0.15) is 96.5 Å². The Hall–Kier alpha value is -2.37. The number of nitrogens with one attached hydrogen (secondary N) is 1. The van der Waals surface area contributed by atoms with Gasteiger partial charge in [0, 0.05) is 0 Å². The van der Waals surface area contributed by atoms with Gasteiger partial charge in [-0.1, -0.05) is 113 Å². The monoisotopic (exact) mass is 570 g/mol. The fourth-order valence-electron chi connectivity index (χ4n) is 4.77. The highest BCUT2D eigenvalue weighted by atomic mass is 35.5. The Morgan fingerprint density at radius 2 is 1.44 bits per heavy atom. The van der Waals surface area contributed by atoms with E-state index in [0.717, 1.165) is 47.1 Å². The van der Waals surface area contributed by atoms with Crippen LogP contribution in [0, 0.1) is 0 Å². The molecule has 214 valence electrons. The number of ether oxygens (including phenoxy) is 1. The molecule has 3 rings (SSSR count). The second-order valence-electron chi connectivity index (χ2n) is 10.1. The van der Waals surface area contributed by atoms with Crippen LogP contribution < -0.4 is 27.0 Å². The van der Waals surface area contributed by atoms with Crippen LogP contribution in [0.15, 0.2) is 60.1 Å². The van der Waals surface area contributed by atoms with Gasteiger partial charge >= 0.3 is 0 Å². The van der Waals surface area contributed by atoms with Crippen molar-refractivity contribution in [2.45, 2.75) is 104 Å².